The van der Waals surface area contributed by atoms with Crippen molar-refractivity contribution in [2.75, 3.05) is 13.1 Å². The Morgan fingerprint density at radius 1 is 1.40 bits per heavy atom. The van der Waals surface area contributed by atoms with E-state index in [-0.39, 0.29) is 18.4 Å². The third-order valence-corrected chi connectivity index (χ3v) is 6.68. The Balaban J connectivity index is 1.51. The number of nitrogens with zero attached hydrogens (tertiary/aromatic N) is 1. The number of urea groups is 1. The minimum Gasteiger partial charge on any atom is -0.354 e. The molecule has 136 valence electrons. The lowest BCUT2D eigenvalue weighted by Crippen LogP contribution is -2.50. The summed E-state index contributed by atoms with van der Waals surface area (Å²) >= 11 is 5.03. The summed E-state index contributed by atoms with van der Waals surface area (Å²) in [6.45, 7) is 2.43. The van der Waals surface area contributed by atoms with Crippen molar-refractivity contribution in [3.63, 3.8) is 0 Å². The van der Waals surface area contributed by atoms with Crippen LogP contribution in [0.4, 0.5) is 4.79 Å². The molecule has 6 nitrogen and oxygen atoms in total. The highest BCUT2D eigenvalue weighted by Crippen LogP contribution is 2.36. The zero-order valence-corrected chi connectivity index (χ0v) is 16.5. The number of hydrogen-bond acceptors (Lipinski definition) is 4. The largest absolute Gasteiger partial charge is 0.354 e. The van der Waals surface area contributed by atoms with E-state index >= 15 is 0 Å². The molecule has 2 fully saturated rings. The second-order valence-corrected chi connectivity index (χ2v) is 9.44. The van der Waals surface area contributed by atoms with Gasteiger partial charge in [-0.2, -0.15) is 0 Å². The highest BCUT2D eigenvalue weighted by molar-refractivity contribution is 9.11. The van der Waals surface area contributed by atoms with Crippen molar-refractivity contribution >= 4 is 45.1 Å². The molecule has 2 aliphatic rings. The first kappa shape index (κ1) is 18.4. The second kappa shape index (κ2) is 7.45. The molecule has 0 aromatic carbocycles. The quantitative estimate of drug-likeness (QED) is 0.708. The van der Waals surface area contributed by atoms with Gasteiger partial charge in [-0.1, -0.05) is 6.92 Å². The maximum Gasteiger partial charge on any atom is 0.325 e. The Bertz CT molecular complexity index is 682. The highest BCUT2D eigenvalue weighted by atomic mass is 79.9. The van der Waals surface area contributed by atoms with Gasteiger partial charge in [0.2, 0.25) is 5.91 Å². The number of halogens is 1. The van der Waals surface area contributed by atoms with Gasteiger partial charge in [0, 0.05) is 11.4 Å². The molecule has 4 amide bonds. The van der Waals surface area contributed by atoms with Crippen molar-refractivity contribution in [3.05, 3.63) is 20.8 Å². The lowest BCUT2D eigenvalue weighted by atomic mass is 9.77. The molecule has 8 heteroatoms. The normalized spacial score (nSPS) is 26.2. The molecule has 1 saturated carbocycles. The minimum absolute atomic E-state index is 0.212. The molecular weight excluding hydrogens is 406 g/mol. The number of rotatable bonds is 5. The highest BCUT2D eigenvalue weighted by Gasteiger charge is 2.52. The summed E-state index contributed by atoms with van der Waals surface area (Å²) in [5.74, 6) is 0.0204. The fourth-order valence-corrected chi connectivity index (χ4v) is 4.91. The third kappa shape index (κ3) is 4.06. The van der Waals surface area contributed by atoms with Crippen LogP contribution >= 0.6 is 27.3 Å². The summed E-state index contributed by atoms with van der Waals surface area (Å²) in [4.78, 5) is 39.2. The SMILES string of the molecule is CC1CCC2(CC1)NC(=O)N(CC(=O)NCCc1ccc(Br)s1)C2=O. The van der Waals surface area contributed by atoms with Crippen LogP contribution in [0, 0.1) is 5.92 Å². The summed E-state index contributed by atoms with van der Waals surface area (Å²) in [5.41, 5.74) is -0.785. The van der Waals surface area contributed by atoms with Crippen LogP contribution in [-0.4, -0.2) is 41.4 Å². The van der Waals surface area contributed by atoms with Gasteiger partial charge in [0.15, 0.2) is 0 Å². The lowest BCUT2D eigenvalue weighted by Gasteiger charge is -2.33. The zero-order valence-electron chi connectivity index (χ0n) is 14.1. The van der Waals surface area contributed by atoms with Crippen molar-refractivity contribution in [1.29, 1.82) is 0 Å². The van der Waals surface area contributed by atoms with E-state index in [2.05, 4.69) is 33.5 Å². The van der Waals surface area contributed by atoms with E-state index in [1.807, 2.05) is 12.1 Å². The van der Waals surface area contributed by atoms with E-state index in [9.17, 15) is 14.4 Å². The van der Waals surface area contributed by atoms with Crippen LogP contribution in [0.3, 0.4) is 0 Å². The van der Waals surface area contributed by atoms with Gasteiger partial charge in [-0.15, -0.1) is 11.3 Å². The van der Waals surface area contributed by atoms with Gasteiger partial charge in [0.05, 0.1) is 3.79 Å². The van der Waals surface area contributed by atoms with Gasteiger partial charge < -0.3 is 10.6 Å². The predicted octanol–water partition coefficient (Wildman–Crippen LogP) is 2.67. The standard InChI is InChI=1S/C17H22BrN3O3S/c1-11-4-7-17(8-5-11)15(23)21(16(24)20-17)10-14(22)19-9-6-12-2-3-13(18)25-12/h2-3,11H,4-10H2,1H3,(H,19,22)(H,20,24). The second-order valence-electron chi connectivity index (χ2n) is 6.89. The average molecular weight is 428 g/mol. The number of carbonyl (C=O) groups is 3. The first-order valence-electron chi connectivity index (χ1n) is 8.55. The van der Waals surface area contributed by atoms with E-state index in [4.69, 9.17) is 0 Å². The topological polar surface area (TPSA) is 78.5 Å². The molecule has 1 saturated heterocycles. The number of thiophene rings is 1. The van der Waals surface area contributed by atoms with Crippen LogP contribution in [0.5, 0.6) is 0 Å². The van der Waals surface area contributed by atoms with Crippen LogP contribution < -0.4 is 10.6 Å². The van der Waals surface area contributed by atoms with E-state index < -0.39 is 11.6 Å². The smallest absolute Gasteiger partial charge is 0.325 e. The molecule has 0 unspecified atom stereocenters. The Kier molecular flexibility index (Phi) is 5.48. The molecule has 2 heterocycles. The average Bonchev–Trinajstić information content (AvgIpc) is 3.08. The maximum atomic E-state index is 12.7. The first-order valence-corrected chi connectivity index (χ1v) is 10.2. The molecule has 0 radical (unpaired) electrons. The Morgan fingerprint density at radius 3 is 2.76 bits per heavy atom. The summed E-state index contributed by atoms with van der Waals surface area (Å²) in [5, 5.41) is 5.62. The molecule has 2 N–H and O–H groups in total. The Hall–Kier alpha value is -1.41. The molecule has 0 bridgehead atoms. The van der Waals surface area contributed by atoms with Gasteiger partial charge >= 0.3 is 6.03 Å². The van der Waals surface area contributed by atoms with Crippen LogP contribution in [0.2, 0.25) is 0 Å². The minimum atomic E-state index is -0.785. The van der Waals surface area contributed by atoms with Crippen LogP contribution in [0.15, 0.2) is 15.9 Å². The fourth-order valence-electron chi connectivity index (χ4n) is 3.42. The zero-order chi connectivity index (χ0) is 18.0. The molecule has 1 aliphatic carbocycles. The lowest BCUT2D eigenvalue weighted by molar-refractivity contribution is -0.136. The molecule has 3 rings (SSSR count). The first-order chi connectivity index (χ1) is 11.9. The number of imide groups is 1. The molecule has 25 heavy (non-hydrogen) atoms. The van der Waals surface area contributed by atoms with Crippen LogP contribution in [0.1, 0.15) is 37.5 Å². The number of carbonyl (C=O) groups excluding carboxylic acids is 3. The van der Waals surface area contributed by atoms with Crippen molar-refractivity contribution in [2.45, 2.75) is 44.6 Å². The van der Waals surface area contributed by atoms with Crippen molar-refractivity contribution in [1.82, 2.24) is 15.5 Å². The van der Waals surface area contributed by atoms with Gasteiger partial charge in [-0.25, -0.2) is 4.79 Å². The van der Waals surface area contributed by atoms with E-state index in [1.165, 1.54) is 0 Å². The number of amides is 4. The monoisotopic (exact) mass is 427 g/mol. The Labute approximate surface area is 159 Å². The molecular formula is C17H22BrN3O3S. The molecule has 1 aromatic heterocycles. The van der Waals surface area contributed by atoms with Crippen LogP contribution in [0.25, 0.3) is 0 Å². The molecule has 1 aliphatic heterocycles. The summed E-state index contributed by atoms with van der Waals surface area (Å²) in [6.07, 6.45) is 3.88. The van der Waals surface area contributed by atoms with E-state index in [0.29, 0.717) is 25.3 Å². The van der Waals surface area contributed by atoms with Crippen molar-refractivity contribution < 1.29 is 14.4 Å². The fraction of sp³-hybridized carbons (Fsp3) is 0.588. The predicted molar refractivity (Wildman–Crippen MR) is 99.3 cm³/mol. The van der Waals surface area contributed by atoms with E-state index in [0.717, 1.165) is 32.8 Å². The van der Waals surface area contributed by atoms with E-state index in [1.54, 1.807) is 11.3 Å². The van der Waals surface area contributed by atoms with Crippen molar-refractivity contribution in [2.24, 2.45) is 5.92 Å². The van der Waals surface area contributed by atoms with Crippen LogP contribution in [-0.2, 0) is 16.0 Å². The summed E-state index contributed by atoms with van der Waals surface area (Å²) < 4.78 is 1.06. The van der Waals surface area contributed by atoms with Gasteiger partial charge in [0.1, 0.15) is 12.1 Å². The Morgan fingerprint density at radius 2 is 2.12 bits per heavy atom. The summed E-state index contributed by atoms with van der Waals surface area (Å²) in [6, 6.07) is 3.53. The summed E-state index contributed by atoms with van der Waals surface area (Å²) in [7, 11) is 0. The number of nitrogens with one attached hydrogen (secondary N) is 2. The molecule has 0 atom stereocenters. The number of hydrogen-bond donors (Lipinski definition) is 2. The van der Waals surface area contributed by atoms with Crippen molar-refractivity contribution in [3.8, 4) is 0 Å². The van der Waals surface area contributed by atoms with Gasteiger partial charge in [-0.05, 0) is 66.1 Å². The van der Waals surface area contributed by atoms with Gasteiger partial charge in [-0.3, -0.25) is 14.5 Å². The van der Waals surface area contributed by atoms with Gasteiger partial charge in [0.25, 0.3) is 5.91 Å². The molecule has 1 spiro atoms. The molecule has 1 aromatic rings. The maximum absolute atomic E-state index is 12.7. The third-order valence-electron chi connectivity index (χ3n) is 5.00.